The number of rotatable bonds is 21. The highest BCUT2D eigenvalue weighted by Gasteiger charge is 2.38. The van der Waals surface area contributed by atoms with Gasteiger partial charge >= 0.3 is 24.0 Å². The molecule has 2 aromatic rings. The first-order valence-electron chi connectivity index (χ1n) is 15.0. The number of carbonyl (C=O) groups is 4. The Kier molecular flexibility index (Phi) is 17.8. The second-order valence-electron chi connectivity index (χ2n) is 10.4. The first-order chi connectivity index (χ1) is 22.0. The van der Waals surface area contributed by atoms with Gasteiger partial charge in [0.1, 0.15) is 43.3 Å². The first kappa shape index (κ1) is 38.6. The van der Waals surface area contributed by atoms with Gasteiger partial charge < -0.3 is 39.4 Å². The van der Waals surface area contributed by atoms with Crippen LogP contribution in [-0.2, 0) is 46.2 Å². The topological polar surface area (TPSA) is 161 Å². The van der Waals surface area contributed by atoms with Crippen LogP contribution in [0.5, 0.6) is 11.5 Å². The molecule has 12 nitrogen and oxygen atoms in total. The lowest BCUT2D eigenvalue weighted by Gasteiger charge is -2.26. The summed E-state index contributed by atoms with van der Waals surface area (Å²) in [6, 6.07) is 12.1. The summed E-state index contributed by atoms with van der Waals surface area (Å²) in [5, 5.41) is 21.6. The van der Waals surface area contributed by atoms with Gasteiger partial charge in [-0.1, -0.05) is 59.7 Å². The number of alkyl carbamates (subject to hydrolysis) is 1. The molecule has 0 bridgehead atoms. The standard InChI is InChI=1S/C32H44N2O10S2/c1-4-34(5-2)15-14-33-31(40)42-17-19-46-45-18-16-41-30(39)32(3,22-43-28(37)20-24-6-10-26(35)11-7-24)23-44-29(38)21-25-8-12-27(36)13-9-25/h6-13,35-36H,4-5,14-23H2,1-3H3,(H,33,40). The van der Waals surface area contributed by atoms with Crippen molar-refractivity contribution in [2.45, 2.75) is 33.6 Å². The van der Waals surface area contributed by atoms with Crippen LogP contribution in [-0.4, -0.2) is 103 Å². The first-order valence-corrected chi connectivity index (χ1v) is 17.4. The summed E-state index contributed by atoms with van der Waals surface area (Å²) in [6.45, 7) is 8.25. The average molecular weight is 681 g/mol. The monoisotopic (exact) mass is 680 g/mol. The molecule has 46 heavy (non-hydrogen) atoms. The van der Waals surface area contributed by atoms with E-state index in [2.05, 4.69) is 24.1 Å². The lowest BCUT2D eigenvalue weighted by molar-refractivity contribution is -0.169. The average Bonchev–Trinajstić information content (AvgIpc) is 3.04. The molecule has 2 rings (SSSR count). The number of hydrogen-bond acceptors (Lipinski definition) is 13. The largest absolute Gasteiger partial charge is 0.508 e. The highest BCUT2D eigenvalue weighted by atomic mass is 33.1. The molecule has 1 amide bonds. The maximum Gasteiger partial charge on any atom is 0.407 e. The van der Waals surface area contributed by atoms with Crippen molar-refractivity contribution < 1.29 is 48.3 Å². The van der Waals surface area contributed by atoms with Crippen LogP contribution in [0.1, 0.15) is 31.9 Å². The van der Waals surface area contributed by atoms with Crippen molar-refractivity contribution >= 4 is 45.6 Å². The zero-order valence-electron chi connectivity index (χ0n) is 26.5. The molecule has 0 aliphatic rings. The summed E-state index contributed by atoms with van der Waals surface area (Å²) in [5.74, 6) is -0.777. The van der Waals surface area contributed by atoms with Crippen LogP contribution in [0.4, 0.5) is 4.79 Å². The van der Waals surface area contributed by atoms with Gasteiger partial charge in [0.25, 0.3) is 0 Å². The molecule has 254 valence electrons. The number of esters is 3. The van der Waals surface area contributed by atoms with Gasteiger partial charge in [-0.2, -0.15) is 0 Å². The molecule has 2 aromatic carbocycles. The third-order valence-electron chi connectivity index (χ3n) is 6.64. The molecular formula is C32H44N2O10S2. The zero-order chi connectivity index (χ0) is 33.8. The Morgan fingerprint density at radius 3 is 1.65 bits per heavy atom. The Labute approximate surface area is 277 Å². The van der Waals surface area contributed by atoms with E-state index in [-0.39, 0.29) is 50.8 Å². The summed E-state index contributed by atoms with van der Waals surface area (Å²) >= 11 is 0. The van der Waals surface area contributed by atoms with E-state index >= 15 is 0 Å². The number of nitrogens with one attached hydrogen (secondary N) is 1. The minimum Gasteiger partial charge on any atom is -0.508 e. The van der Waals surface area contributed by atoms with Crippen molar-refractivity contribution in [3.05, 3.63) is 59.7 Å². The second kappa shape index (κ2) is 21.2. The van der Waals surface area contributed by atoms with Crippen LogP contribution in [0, 0.1) is 5.41 Å². The fraction of sp³-hybridized carbons (Fsp3) is 0.500. The number of phenolic OH excluding ortho intramolecular Hbond substituents is 2. The molecule has 0 aliphatic carbocycles. The third kappa shape index (κ3) is 15.6. The SMILES string of the molecule is CCN(CC)CCNC(=O)OCCSSCCOC(=O)C(C)(COC(=O)Cc1ccc(O)cc1)COC(=O)Cc1ccc(O)cc1. The van der Waals surface area contributed by atoms with Gasteiger partial charge in [-0.05, 0) is 55.4 Å². The normalized spacial score (nSPS) is 11.1. The molecule has 0 heterocycles. The zero-order valence-corrected chi connectivity index (χ0v) is 28.2. The predicted molar refractivity (Wildman–Crippen MR) is 177 cm³/mol. The quantitative estimate of drug-likeness (QED) is 0.0753. The van der Waals surface area contributed by atoms with Crippen LogP contribution >= 0.6 is 21.6 Å². The van der Waals surface area contributed by atoms with Crippen LogP contribution in [0.3, 0.4) is 0 Å². The number of amides is 1. The number of aromatic hydroxyl groups is 2. The third-order valence-corrected chi connectivity index (χ3v) is 8.97. The molecular weight excluding hydrogens is 636 g/mol. The predicted octanol–water partition coefficient (Wildman–Crippen LogP) is 3.97. The molecule has 0 atom stereocenters. The highest BCUT2D eigenvalue weighted by molar-refractivity contribution is 8.76. The van der Waals surface area contributed by atoms with E-state index in [1.54, 1.807) is 24.3 Å². The number of nitrogens with zero attached hydrogens (tertiary/aromatic N) is 1. The van der Waals surface area contributed by atoms with E-state index in [1.165, 1.54) is 52.8 Å². The Bertz CT molecular complexity index is 1160. The van der Waals surface area contributed by atoms with Gasteiger partial charge in [-0.25, -0.2) is 4.79 Å². The maximum absolute atomic E-state index is 13.1. The van der Waals surface area contributed by atoms with Gasteiger partial charge in [0.2, 0.25) is 0 Å². The van der Waals surface area contributed by atoms with Gasteiger partial charge in [0.05, 0.1) is 12.8 Å². The van der Waals surface area contributed by atoms with E-state index in [0.717, 1.165) is 19.6 Å². The van der Waals surface area contributed by atoms with Crippen molar-refractivity contribution in [2.75, 3.05) is 64.1 Å². The van der Waals surface area contributed by atoms with E-state index in [9.17, 15) is 29.4 Å². The molecule has 0 aliphatic heterocycles. The van der Waals surface area contributed by atoms with E-state index in [1.807, 2.05) is 0 Å². The molecule has 0 spiro atoms. The van der Waals surface area contributed by atoms with Crippen LogP contribution in [0.15, 0.2) is 48.5 Å². The van der Waals surface area contributed by atoms with Crippen LogP contribution in [0.2, 0.25) is 0 Å². The Morgan fingerprint density at radius 2 is 1.20 bits per heavy atom. The highest BCUT2D eigenvalue weighted by Crippen LogP contribution is 2.24. The van der Waals surface area contributed by atoms with Gasteiger partial charge in [-0.3, -0.25) is 14.4 Å². The van der Waals surface area contributed by atoms with E-state index < -0.39 is 29.4 Å². The summed E-state index contributed by atoms with van der Waals surface area (Å²) in [4.78, 5) is 52.1. The molecule has 0 radical (unpaired) electrons. The number of ether oxygens (including phenoxy) is 4. The van der Waals surface area contributed by atoms with Crippen LogP contribution in [0.25, 0.3) is 0 Å². The molecule has 0 saturated carbocycles. The van der Waals surface area contributed by atoms with E-state index in [0.29, 0.717) is 29.2 Å². The molecule has 3 N–H and O–H groups in total. The van der Waals surface area contributed by atoms with E-state index in [4.69, 9.17) is 18.9 Å². The van der Waals surface area contributed by atoms with Gasteiger partial charge in [0.15, 0.2) is 0 Å². The fourth-order valence-corrected chi connectivity index (χ4v) is 5.49. The Morgan fingerprint density at radius 1 is 0.739 bits per heavy atom. The number of carbonyl (C=O) groups excluding carboxylic acids is 4. The number of hydrogen-bond donors (Lipinski definition) is 3. The smallest absolute Gasteiger partial charge is 0.407 e. The molecule has 0 aromatic heterocycles. The minimum atomic E-state index is -1.47. The van der Waals surface area contributed by atoms with Crippen molar-refractivity contribution in [3.8, 4) is 11.5 Å². The van der Waals surface area contributed by atoms with Crippen molar-refractivity contribution in [2.24, 2.45) is 5.41 Å². The number of likely N-dealkylation sites (N-methyl/N-ethyl adjacent to an activating group) is 1. The molecule has 14 heteroatoms. The van der Waals surface area contributed by atoms with Crippen LogP contribution < -0.4 is 5.32 Å². The molecule has 0 unspecified atom stereocenters. The Hall–Kier alpha value is -3.62. The lowest BCUT2D eigenvalue weighted by Crippen LogP contribution is -2.41. The summed E-state index contributed by atoms with van der Waals surface area (Å²) in [6.07, 6.45) is -0.623. The summed E-state index contributed by atoms with van der Waals surface area (Å²) < 4.78 is 21.4. The summed E-state index contributed by atoms with van der Waals surface area (Å²) in [7, 11) is 2.91. The maximum atomic E-state index is 13.1. The second-order valence-corrected chi connectivity index (χ2v) is 13.1. The van der Waals surface area contributed by atoms with Gasteiger partial charge in [-0.15, -0.1) is 0 Å². The number of benzene rings is 2. The molecule has 0 fully saturated rings. The van der Waals surface area contributed by atoms with Crippen molar-refractivity contribution in [3.63, 3.8) is 0 Å². The Balaban J connectivity index is 1.78. The fourth-order valence-electron chi connectivity index (χ4n) is 3.84. The number of phenols is 2. The van der Waals surface area contributed by atoms with Crippen molar-refractivity contribution in [1.29, 1.82) is 0 Å². The minimum absolute atomic E-state index is 0.0572. The summed E-state index contributed by atoms with van der Waals surface area (Å²) in [5.41, 5.74) is -0.244. The van der Waals surface area contributed by atoms with Crippen molar-refractivity contribution in [1.82, 2.24) is 10.2 Å². The van der Waals surface area contributed by atoms with Gasteiger partial charge in [0, 0.05) is 24.6 Å². The lowest BCUT2D eigenvalue weighted by atomic mass is 9.93. The molecule has 0 saturated heterocycles.